The molecule has 1 saturated carbocycles. The molecule has 35 heavy (non-hydrogen) atoms. The van der Waals surface area contributed by atoms with Crippen molar-refractivity contribution < 1.29 is 19.4 Å². The molecule has 2 N–H and O–H groups in total. The molecule has 2 heterocycles. The zero-order valence-electron chi connectivity index (χ0n) is 20.7. The van der Waals surface area contributed by atoms with E-state index in [4.69, 9.17) is 4.74 Å². The lowest BCUT2D eigenvalue weighted by atomic mass is 9.84. The Bertz CT molecular complexity index is 1340. The van der Waals surface area contributed by atoms with Crippen LogP contribution in [0.5, 0.6) is 5.75 Å². The van der Waals surface area contributed by atoms with Gasteiger partial charge in [-0.05, 0) is 42.5 Å². The molecule has 2 fully saturated rings. The highest BCUT2D eigenvalue weighted by Crippen LogP contribution is 2.45. The van der Waals surface area contributed by atoms with E-state index in [-0.39, 0.29) is 22.8 Å². The van der Waals surface area contributed by atoms with Crippen LogP contribution < -0.4 is 4.74 Å². The number of H-pyrrole nitrogens is 1. The van der Waals surface area contributed by atoms with Gasteiger partial charge in [0.25, 0.3) is 11.7 Å². The number of methoxy groups -OCH3 is 1. The van der Waals surface area contributed by atoms with Crippen LogP contribution in [0, 0.1) is 0 Å². The number of nitrogens with zero attached hydrogens (tertiary/aromatic N) is 1. The van der Waals surface area contributed by atoms with Crippen molar-refractivity contribution >= 4 is 28.4 Å². The summed E-state index contributed by atoms with van der Waals surface area (Å²) >= 11 is 0. The number of hydrogen-bond donors (Lipinski definition) is 2. The third-order valence-electron chi connectivity index (χ3n) is 7.39. The molecule has 2 aromatic carbocycles. The van der Waals surface area contributed by atoms with Crippen LogP contribution in [-0.4, -0.2) is 39.8 Å². The average molecular weight is 473 g/mol. The van der Waals surface area contributed by atoms with Crippen LogP contribution in [-0.2, 0) is 15.0 Å². The summed E-state index contributed by atoms with van der Waals surface area (Å²) < 4.78 is 5.55. The van der Waals surface area contributed by atoms with Gasteiger partial charge in [0.15, 0.2) is 0 Å². The average Bonchev–Trinajstić information content (AvgIpc) is 3.57. The van der Waals surface area contributed by atoms with Gasteiger partial charge in [-0.1, -0.05) is 51.8 Å². The Balaban J connectivity index is 1.73. The maximum Gasteiger partial charge on any atom is 0.295 e. The van der Waals surface area contributed by atoms with Gasteiger partial charge in [0.1, 0.15) is 11.5 Å². The van der Waals surface area contributed by atoms with Crippen molar-refractivity contribution in [2.24, 2.45) is 0 Å². The lowest BCUT2D eigenvalue weighted by Gasteiger charge is -2.30. The first-order chi connectivity index (χ1) is 16.7. The number of ether oxygens (including phenoxy) is 1. The fourth-order valence-corrected chi connectivity index (χ4v) is 5.63. The summed E-state index contributed by atoms with van der Waals surface area (Å²) in [6.45, 7) is 6.21. The van der Waals surface area contributed by atoms with E-state index in [1.165, 1.54) is 0 Å². The van der Waals surface area contributed by atoms with Crippen LogP contribution in [0.15, 0.2) is 54.2 Å². The molecule has 6 nitrogen and oxygen atoms in total. The lowest BCUT2D eigenvalue weighted by Crippen LogP contribution is -2.37. The summed E-state index contributed by atoms with van der Waals surface area (Å²) in [7, 11) is 1.62. The number of aromatic nitrogens is 1. The monoisotopic (exact) mass is 472 g/mol. The molecule has 0 spiro atoms. The van der Waals surface area contributed by atoms with Gasteiger partial charge < -0.3 is 19.7 Å². The summed E-state index contributed by atoms with van der Waals surface area (Å²) in [5.41, 5.74) is 3.09. The van der Waals surface area contributed by atoms with Crippen molar-refractivity contribution in [1.29, 1.82) is 0 Å². The number of rotatable bonds is 4. The molecule has 5 rings (SSSR count). The molecule has 3 aromatic rings. The molecule has 0 radical (unpaired) electrons. The highest BCUT2D eigenvalue weighted by Gasteiger charge is 2.49. The Hall–Kier alpha value is -3.54. The normalized spacial score (nSPS) is 20.8. The van der Waals surface area contributed by atoms with Crippen LogP contribution in [0.1, 0.15) is 69.2 Å². The number of nitrogens with one attached hydrogen (secondary N) is 1. The third-order valence-corrected chi connectivity index (χ3v) is 7.39. The topological polar surface area (TPSA) is 82.6 Å². The fourth-order valence-electron chi connectivity index (χ4n) is 5.63. The first kappa shape index (κ1) is 23.2. The summed E-state index contributed by atoms with van der Waals surface area (Å²) in [6.07, 6.45) is 5.65. The minimum Gasteiger partial charge on any atom is -0.507 e. The number of aromatic amines is 1. The van der Waals surface area contributed by atoms with Crippen molar-refractivity contribution in [3.8, 4) is 5.75 Å². The minimum absolute atomic E-state index is 0.0172. The highest BCUT2D eigenvalue weighted by atomic mass is 16.5. The number of para-hydroxylation sites is 1. The summed E-state index contributed by atoms with van der Waals surface area (Å²) in [6, 6.07) is 12.6. The van der Waals surface area contributed by atoms with Crippen LogP contribution in [0.3, 0.4) is 0 Å². The Morgan fingerprint density at radius 2 is 1.80 bits per heavy atom. The van der Waals surface area contributed by atoms with E-state index in [1.807, 2.05) is 42.6 Å². The molecule has 1 atom stereocenters. The molecule has 1 aromatic heterocycles. The van der Waals surface area contributed by atoms with Crippen LogP contribution in [0.25, 0.3) is 16.7 Å². The van der Waals surface area contributed by atoms with E-state index in [0.29, 0.717) is 11.3 Å². The standard InChI is InChI=1S/C29H32N2O4/c1-29(2,3)21-15-17(13-14-23(21)35-4)26(32)24-25(20-16-30-22-12-8-7-11-19(20)22)31(28(34)27(24)33)18-9-5-6-10-18/h7-8,11-16,18,25,30,32H,5-6,9-10H2,1-4H3/b26-24+. The number of ketones is 1. The Morgan fingerprint density at radius 1 is 1.09 bits per heavy atom. The van der Waals surface area contributed by atoms with E-state index in [0.717, 1.165) is 47.7 Å². The second-order valence-electron chi connectivity index (χ2n) is 10.6. The number of aliphatic hydroxyl groups excluding tert-OH is 1. The SMILES string of the molecule is COc1ccc(/C(O)=C2\C(=O)C(=O)N(C3CCCC3)C2c2c[nH]c3ccccc23)cc1C(C)(C)C. The molecule has 1 aliphatic carbocycles. The van der Waals surface area contributed by atoms with E-state index < -0.39 is 17.7 Å². The van der Waals surface area contributed by atoms with Crippen molar-refractivity contribution in [3.05, 3.63) is 70.9 Å². The first-order valence-corrected chi connectivity index (χ1v) is 12.3. The maximum atomic E-state index is 13.5. The number of Topliss-reactive ketones (excluding diaryl/α,β-unsaturated/α-hetero) is 1. The van der Waals surface area contributed by atoms with Gasteiger partial charge in [-0.15, -0.1) is 0 Å². The van der Waals surface area contributed by atoms with Crippen molar-refractivity contribution in [1.82, 2.24) is 9.88 Å². The van der Waals surface area contributed by atoms with Gasteiger partial charge in [0.05, 0.1) is 18.7 Å². The summed E-state index contributed by atoms with van der Waals surface area (Å²) in [5, 5.41) is 12.5. The van der Waals surface area contributed by atoms with Crippen molar-refractivity contribution in [3.63, 3.8) is 0 Å². The van der Waals surface area contributed by atoms with Crippen LogP contribution in [0.4, 0.5) is 0 Å². The maximum absolute atomic E-state index is 13.5. The van der Waals surface area contributed by atoms with Crippen LogP contribution >= 0.6 is 0 Å². The number of carbonyl (C=O) groups excluding carboxylic acids is 2. The Labute approximate surface area is 205 Å². The van der Waals surface area contributed by atoms with Gasteiger partial charge in [-0.25, -0.2) is 0 Å². The van der Waals surface area contributed by atoms with Gasteiger partial charge in [-0.3, -0.25) is 9.59 Å². The number of fused-ring (bicyclic) bond motifs is 1. The largest absolute Gasteiger partial charge is 0.507 e. The fraction of sp³-hybridized carbons (Fsp3) is 0.379. The van der Waals surface area contributed by atoms with Gasteiger partial charge in [0.2, 0.25) is 0 Å². The number of carbonyl (C=O) groups is 2. The molecule has 1 aliphatic heterocycles. The van der Waals surface area contributed by atoms with E-state index in [2.05, 4.69) is 25.8 Å². The molecular formula is C29H32N2O4. The van der Waals surface area contributed by atoms with Gasteiger partial charge in [-0.2, -0.15) is 0 Å². The quantitative estimate of drug-likeness (QED) is 0.284. The highest BCUT2D eigenvalue weighted by molar-refractivity contribution is 6.46. The summed E-state index contributed by atoms with van der Waals surface area (Å²) in [5.74, 6) is -0.586. The molecule has 1 unspecified atom stereocenters. The molecule has 6 heteroatoms. The van der Waals surface area contributed by atoms with Gasteiger partial charge in [0, 0.05) is 39.8 Å². The Morgan fingerprint density at radius 3 is 2.49 bits per heavy atom. The predicted octanol–water partition coefficient (Wildman–Crippen LogP) is 5.84. The second kappa shape index (κ2) is 8.59. The second-order valence-corrected chi connectivity index (χ2v) is 10.6. The van der Waals surface area contributed by atoms with Crippen molar-refractivity contribution in [2.75, 3.05) is 7.11 Å². The summed E-state index contributed by atoms with van der Waals surface area (Å²) in [4.78, 5) is 31.9. The van der Waals surface area contributed by atoms with Gasteiger partial charge >= 0.3 is 0 Å². The molecule has 2 aliphatic rings. The molecule has 182 valence electrons. The number of likely N-dealkylation sites (tertiary alicyclic amines) is 1. The third kappa shape index (κ3) is 3.81. The first-order valence-electron chi connectivity index (χ1n) is 12.3. The van der Waals surface area contributed by atoms with Crippen molar-refractivity contribution in [2.45, 2.75) is 64.0 Å². The molecule has 1 amide bonds. The number of benzene rings is 2. The number of hydrogen-bond acceptors (Lipinski definition) is 4. The minimum atomic E-state index is -0.644. The molecule has 0 bridgehead atoms. The smallest absolute Gasteiger partial charge is 0.295 e. The van der Waals surface area contributed by atoms with Crippen LogP contribution in [0.2, 0.25) is 0 Å². The molecule has 1 saturated heterocycles. The zero-order valence-corrected chi connectivity index (χ0v) is 20.7. The number of amides is 1. The number of aliphatic hydroxyl groups is 1. The zero-order chi connectivity index (χ0) is 24.9. The predicted molar refractivity (Wildman–Crippen MR) is 136 cm³/mol. The lowest BCUT2D eigenvalue weighted by molar-refractivity contribution is -0.141. The molecular weight excluding hydrogens is 440 g/mol. The van der Waals surface area contributed by atoms with E-state index in [9.17, 15) is 14.7 Å². The van der Waals surface area contributed by atoms with E-state index >= 15 is 0 Å². The van der Waals surface area contributed by atoms with E-state index in [1.54, 1.807) is 18.1 Å². The Kier molecular flexibility index (Phi) is 5.70.